The molecule has 7 heteroatoms. The van der Waals surface area contributed by atoms with Crippen LogP contribution in [0.3, 0.4) is 0 Å². The van der Waals surface area contributed by atoms with Crippen molar-refractivity contribution in [3.05, 3.63) is 34.9 Å². The van der Waals surface area contributed by atoms with Crippen molar-refractivity contribution in [2.24, 2.45) is 5.73 Å². The van der Waals surface area contributed by atoms with Crippen LogP contribution in [0.5, 0.6) is 0 Å². The van der Waals surface area contributed by atoms with Gasteiger partial charge in [-0.15, -0.1) is 0 Å². The first-order chi connectivity index (χ1) is 12.2. The first-order valence-electron chi connectivity index (χ1n) is 8.91. The van der Waals surface area contributed by atoms with Crippen molar-refractivity contribution in [3.63, 3.8) is 0 Å². The molecule has 1 aromatic carbocycles. The van der Waals surface area contributed by atoms with Gasteiger partial charge in [0.2, 0.25) is 11.8 Å². The number of imide groups is 1. The Balaban J connectivity index is 1.85. The number of hydrogen-bond acceptors (Lipinski definition) is 5. The molecule has 3 rings (SSSR count). The SMILES string of the molecule is CN(Cc1cccc2c1C(=O)N(C1CCC(=O)NC1=O)C2)C(C)(C)CN. The van der Waals surface area contributed by atoms with Crippen LogP contribution in [0, 0.1) is 0 Å². The maximum absolute atomic E-state index is 13.1. The number of rotatable bonds is 5. The number of nitrogens with two attached hydrogens (primary N) is 1. The third-order valence-electron chi connectivity index (χ3n) is 5.58. The zero-order valence-electron chi connectivity index (χ0n) is 15.5. The summed E-state index contributed by atoms with van der Waals surface area (Å²) in [7, 11) is 1.99. The van der Waals surface area contributed by atoms with Gasteiger partial charge in [0.15, 0.2) is 0 Å². The van der Waals surface area contributed by atoms with Gasteiger partial charge in [-0.25, -0.2) is 0 Å². The third-order valence-corrected chi connectivity index (χ3v) is 5.58. The second kappa shape index (κ2) is 6.81. The van der Waals surface area contributed by atoms with Gasteiger partial charge in [0, 0.05) is 37.2 Å². The number of hydrogen-bond donors (Lipinski definition) is 2. The summed E-state index contributed by atoms with van der Waals surface area (Å²) < 4.78 is 0. The van der Waals surface area contributed by atoms with E-state index in [-0.39, 0.29) is 29.7 Å². The summed E-state index contributed by atoms with van der Waals surface area (Å²) >= 11 is 0. The van der Waals surface area contributed by atoms with Crippen molar-refractivity contribution in [1.29, 1.82) is 0 Å². The zero-order valence-corrected chi connectivity index (χ0v) is 15.5. The lowest BCUT2D eigenvalue weighted by atomic mass is 9.99. The van der Waals surface area contributed by atoms with Gasteiger partial charge in [-0.3, -0.25) is 24.6 Å². The molecule has 140 valence electrons. The molecule has 26 heavy (non-hydrogen) atoms. The fourth-order valence-corrected chi connectivity index (χ4v) is 3.45. The fourth-order valence-electron chi connectivity index (χ4n) is 3.45. The van der Waals surface area contributed by atoms with E-state index in [0.29, 0.717) is 31.6 Å². The Morgan fingerprint density at radius 1 is 1.31 bits per heavy atom. The Hall–Kier alpha value is -2.25. The molecule has 3 N–H and O–H groups in total. The van der Waals surface area contributed by atoms with Crippen LogP contribution in [0.4, 0.5) is 0 Å². The summed E-state index contributed by atoms with van der Waals surface area (Å²) in [5.74, 6) is -0.795. The summed E-state index contributed by atoms with van der Waals surface area (Å²) in [6.07, 6.45) is 0.636. The summed E-state index contributed by atoms with van der Waals surface area (Å²) in [5.41, 5.74) is 8.21. The largest absolute Gasteiger partial charge is 0.329 e. The van der Waals surface area contributed by atoms with Gasteiger partial charge in [0.05, 0.1) is 0 Å². The first kappa shape index (κ1) is 18.5. The Labute approximate surface area is 153 Å². The minimum atomic E-state index is -0.585. The molecule has 0 aromatic heterocycles. The van der Waals surface area contributed by atoms with Crippen molar-refractivity contribution in [2.45, 2.75) is 51.4 Å². The fraction of sp³-hybridized carbons (Fsp3) is 0.526. The van der Waals surface area contributed by atoms with Crippen LogP contribution in [0.25, 0.3) is 0 Å². The molecule has 0 saturated carbocycles. The smallest absolute Gasteiger partial charge is 0.255 e. The highest BCUT2D eigenvalue weighted by Crippen LogP contribution is 2.31. The van der Waals surface area contributed by atoms with Crippen LogP contribution in [0.15, 0.2) is 18.2 Å². The van der Waals surface area contributed by atoms with Crippen LogP contribution < -0.4 is 11.1 Å². The van der Waals surface area contributed by atoms with Gasteiger partial charge in [-0.05, 0) is 38.4 Å². The van der Waals surface area contributed by atoms with Crippen molar-refractivity contribution in [1.82, 2.24) is 15.1 Å². The van der Waals surface area contributed by atoms with E-state index in [1.807, 2.05) is 25.2 Å². The quantitative estimate of drug-likeness (QED) is 0.752. The maximum atomic E-state index is 13.1. The predicted molar refractivity (Wildman–Crippen MR) is 97.1 cm³/mol. The molecule has 0 spiro atoms. The molecule has 3 amide bonds. The molecular weight excluding hydrogens is 332 g/mol. The highest BCUT2D eigenvalue weighted by molar-refractivity contribution is 6.05. The van der Waals surface area contributed by atoms with Crippen LogP contribution in [0.2, 0.25) is 0 Å². The summed E-state index contributed by atoms with van der Waals surface area (Å²) in [5, 5.41) is 2.33. The van der Waals surface area contributed by atoms with Crippen LogP contribution in [0.1, 0.15) is 48.2 Å². The highest BCUT2D eigenvalue weighted by Gasteiger charge is 2.40. The number of carbonyl (C=O) groups excluding carboxylic acids is 3. The molecule has 2 heterocycles. The molecule has 0 aliphatic carbocycles. The number of fused-ring (bicyclic) bond motifs is 1. The lowest BCUT2D eigenvalue weighted by Gasteiger charge is -2.35. The second-order valence-corrected chi connectivity index (χ2v) is 7.72. The van der Waals surface area contributed by atoms with Crippen molar-refractivity contribution < 1.29 is 14.4 Å². The standard InChI is InChI=1S/C19H26N4O3/c1-19(2,11-20)22(3)9-12-5-4-6-13-10-23(18(26)16(12)13)14-7-8-15(24)21-17(14)25/h4-6,14H,7-11,20H2,1-3H3,(H,21,24,25). The third kappa shape index (κ3) is 3.24. The van der Waals surface area contributed by atoms with Crippen molar-refractivity contribution in [2.75, 3.05) is 13.6 Å². The monoisotopic (exact) mass is 358 g/mol. The van der Waals surface area contributed by atoms with E-state index < -0.39 is 6.04 Å². The maximum Gasteiger partial charge on any atom is 0.255 e. The normalized spacial score (nSPS) is 20.6. The van der Waals surface area contributed by atoms with Gasteiger partial charge < -0.3 is 10.6 Å². The molecule has 7 nitrogen and oxygen atoms in total. The number of likely N-dealkylation sites (N-methyl/N-ethyl adjacent to an activating group) is 1. The molecule has 2 aliphatic heterocycles. The minimum absolute atomic E-state index is 0.135. The number of nitrogens with zero attached hydrogens (tertiary/aromatic N) is 2. The average molecular weight is 358 g/mol. The molecule has 1 unspecified atom stereocenters. The Bertz CT molecular complexity index is 759. The molecule has 1 saturated heterocycles. The van der Waals surface area contributed by atoms with Gasteiger partial charge in [-0.2, -0.15) is 0 Å². The van der Waals surface area contributed by atoms with Crippen LogP contribution in [-0.2, 0) is 22.7 Å². The summed E-state index contributed by atoms with van der Waals surface area (Å²) in [6.45, 7) is 5.64. The van der Waals surface area contributed by atoms with Crippen molar-refractivity contribution in [3.8, 4) is 0 Å². The highest BCUT2D eigenvalue weighted by atomic mass is 16.2. The van der Waals surface area contributed by atoms with Crippen LogP contribution >= 0.6 is 0 Å². The van der Waals surface area contributed by atoms with Crippen LogP contribution in [-0.4, -0.2) is 52.7 Å². The molecule has 1 fully saturated rings. The molecule has 0 radical (unpaired) electrons. The Morgan fingerprint density at radius 2 is 2.04 bits per heavy atom. The lowest BCUT2D eigenvalue weighted by molar-refractivity contribution is -0.136. The van der Waals surface area contributed by atoms with Gasteiger partial charge in [-0.1, -0.05) is 18.2 Å². The number of carbonyl (C=O) groups is 3. The number of amides is 3. The van der Waals surface area contributed by atoms with E-state index in [2.05, 4.69) is 24.1 Å². The molecule has 2 aliphatic rings. The minimum Gasteiger partial charge on any atom is -0.329 e. The summed E-state index contributed by atoms with van der Waals surface area (Å²) in [4.78, 5) is 40.3. The Kier molecular flexibility index (Phi) is 4.86. The lowest BCUT2D eigenvalue weighted by Crippen LogP contribution is -2.52. The summed E-state index contributed by atoms with van der Waals surface area (Å²) in [6, 6.07) is 5.24. The molecule has 0 bridgehead atoms. The number of piperidine rings is 1. The van der Waals surface area contributed by atoms with Gasteiger partial charge in [0.25, 0.3) is 5.91 Å². The zero-order chi connectivity index (χ0) is 19.1. The van der Waals surface area contributed by atoms with E-state index in [9.17, 15) is 14.4 Å². The topological polar surface area (TPSA) is 95.7 Å². The van der Waals surface area contributed by atoms with E-state index in [4.69, 9.17) is 5.73 Å². The molecule has 1 aromatic rings. The predicted octanol–water partition coefficient (Wildman–Crippen LogP) is 0.617. The van der Waals surface area contributed by atoms with E-state index in [0.717, 1.165) is 11.1 Å². The molecule has 1 atom stereocenters. The van der Waals surface area contributed by atoms with Gasteiger partial charge >= 0.3 is 0 Å². The van der Waals surface area contributed by atoms with Gasteiger partial charge in [0.1, 0.15) is 6.04 Å². The number of benzene rings is 1. The van der Waals surface area contributed by atoms with E-state index in [1.165, 1.54) is 0 Å². The molecular formula is C19H26N4O3. The average Bonchev–Trinajstić information content (AvgIpc) is 2.92. The first-order valence-corrected chi connectivity index (χ1v) is 8.91. The number of nitrogens with one attached hydrogen (secondary N) is 1. The van der Waals surface area contributed by atoms with E-state index >= 15 is 0 Å². The van der Waals surface area contributed by atoms with E-state index in [1.54, 1.807) is 4.90 Å². The Morgan fingerprint density at radius 3 is 2.69 bits per heavy atom. The second-order valence-electron chi connectivity index (χ2n) is 7.72. The van der Waals surface area contributed by atoms with Crippen molar-refractivity contribution >= 4 is 17.7 Å².